The molecule has 4 N–H and O–H groups in total. The highest BCUT2D eigenvalue weighted by atomic mass is 32.2. The molecule has 0 saturated carbocycles. The van der Waals surface area contributed by atoms with Crippen molar-refractivity contribution < 1.29 is 29.9 Å². The Hall–Kier alpha value is 0.110. The lowest BCUT2D eigenvalue weighted by Crippen LogP contribution is -2.59. The fourth-order valence-corrected chi connectivity index (χ4v) is 3.16. The van der Waals surface area contributed by atoms with E-state index < -0.39 is 37.3 Å². The fraction of sp³-hybridized carbons (Fsp3) is 1.00. The summed E-state index contributed by atoms with van der Waals surface area (Å²) in [6.07, 6.45) is -1.60. The van der Waals surface area contributed by atoms with Crippen LogP contribution in [0.2, 0.25) is 0 Å². The molecular formula is C14H28O6S. The van der Waals surface area contributed by atoms with Crippen LogP contribution in [-0.4, -0.2) is 75.9 Å². The Kier molecular flexibility index (Phi) is 9.83. The van der Waals surface area contributed by atoms with Gasteiger partial charge in [0.05, 0.1) is 6.61 Å². The van der Waals surface area contributed by atoms with E-state index in [0.717, 1.165) is 18.6 Å². The fourth-order valence-electron chi connectivity index (χ4n) is 2.06. The minimum Gasteiger partial charge on any atom is -0.394 e. The van der Waals surface area contributed by atoms with E-state index in [2.05, 4.69) is 6.92 Å². The monoisotopic (exact) mass is 324 g/mol. The maximum Gasteiger partial charge on any atom is 0.186 e. The first kappa shape index (κ1) is 19.2. The van der Waals surface area contributed by atoms with Gasteiger partial charge in [-0.25, -0.2) is 0 Å². The molecule has 0 amide bonds. The Labute approximate surface area is 130 Å². The maximum absolute atomic E-state index is 9.78. The van der Waals surface area contributed by atoms with Crippen molar-refractivity contribution in [2.75, 3.05) is 24.7 Å². The van der Waals surface area contributed by atoms with Crippen LogP contribution in [-0.2, 0) is 9.47 Å². The normalized spacial score (nSPS) is 33.3. The summed E-state index contributed by atoms with van der Waals surface area (Å²) in [4.78, 5) is 0. The van der Waals surface area contributed by atoms with Crippen LogP contribution in [0.15, 0.2) is 0 Å². The zero-order valence-electron chi connectivity index (χ0n) is 12.6. The van der Waals surface area contributed by atoms with Crippen molar-refractivity contribution in [1.82, 2.24) is 0 Å². The second-order valence-corrected chi connectivity index (χ2v) is 6.47. The maximum atomic E-state index is 9.78. The van der Waals surface area contributed by atoms with Crippen molar-refractivity contribution in [2.45, 2.75) is 63.3 Å². The molecule has 21 heavy (non-hydrogen) atoms. The number of ether oxygens (including phenoxy) is 2. The van der Waals surface area contributed by atoms with Gasteiger partial charge in [-0.1, -0.05) is 13.3 Å². The molecular weight excluding hydrogens is 296 g/mol. The van der Waals surface area contributed by atoms with Crippen LogP contribution in [0.5, 0.6) is 0 Å². The van der Waals surface area contributed by atoms with Crippen LogP contribution in [0.25, 0.3) is 0 Å². The molecule has 1 heterocycles. The lowest BCUT2D eigenvalue weighted by molar-refractivity contribution is -0.301. The topological polar surface area (TPSA) is 99.4 Å². The lowest BCUT2D eigenvalue weighted by atomic mass is 9.99. The number of rotatable bonds is 10. The highest BCUT2D eigenvalue weighted by Gasteiger charge is 2.43. The van der Waals surface area contributed by atoms with Gasteiger partial charge in [-0.3, -0.25) is 0 Å². The highest BCUT2D eigenvalue weighted by Crippen LogP contribution is 2.22. The molecule has 7 heteroatoms. The first-order valence-electron chi connectivity index (χ1n) is 7.61. The van der Waals surface area contributed by atoms with Crippen LogP contribution in [0, 0.1) is 0 Å². The van der Waals surface area contributed by atoms with Crippen LogP contribution in [0.4, 0.5) is 0 Å². The summed E-state index contributed by atoms with van der Waals surface area (Å²) in [5.74, 6) is 2.27. The number of unbranched alkanes of at least 4 members (excludes halogenated alkanes) is 2. The van der Waals surface area contributed by atoms with Crippen LogP contribution < -0.4 is 0 Å². The Balaban J connectivity index is 2.16. The van der Waals surface area contributed by atoms with Gasteiger partial charge in [0.1, 0.15) is 24.4 Å². The second-order valence-electron chi connectivity index (χ2n) is 5.24. The summed E-state index contributed by atoms with van der Waals surface area (Å²) >= 11 is 1.93. The van der Waals surface area contributed by atoms with E-state index in [4.69, 9.17) is 14.6 Å². The van der Waals surface area contributed by atoms with Gasteiger partial charge < -0.3 is 29.9 Å². The van der Waals surface area contributed by atoms with Crippen LogP contribution in [0.3, 0.4) is 0 Å². The van der Waals surface area contributed by atoms with Crippen molar-refractivity contribution >= 4 is 11.8 Å². The molecule has 0 spiro atoms. The van der Waals surface area contributed by atoms with Crippen molar-refractivity contribution in [3.05, 3.63) is 0 Å². The first-order chi connectivity index (χ1) is 10.1. The van der Waals surface area contributed by atoms with Crippen molar-refractivity contribution in [2.24, 2.45) is 0 Å². The molecule has 0 aliphatic carbocycles. The standard InChI is InChI=1S/C14H28O6S/c1-2-3-7-21-8-5-4-6-19-14-13(18)12(17)11(16)10(9-15)20-14/h10-18H,2-9H2,1H3/t10?,11-,12+,13?,14-/m1/s1. The van der Waals surface area contributed by atoms with Gasteiger partial charge in [-0.15, -0.1) is 0 Å². The van der Waals surface area contributed by atoms with Gasteiger partial charge in [0.2, 0.25) is 0 Å². The van der Waals surface area contributed by atoms with Gasteiger partial charge in [0.25, 0.3) is 0 Å². The minimum atomic E-state index is -1.37. The molecule has 0 aromatic rings. The molecule has 5 atom stereocenters. The molecule has 0 aromatic carbocycles. The second kappa shape index (κ2) is 10.8. The van der Waals surface area contributed by atoms with Gasteiger partial charge in [0, 0.05) is 6.61 Å². The van der Waals surface area contributed by atoms with E-state index in [1.54, 1.807) is 0 Å². The van der Waals surface area contributed by atoms with E-state index >= 15 is 0 Å². The van der Waals surface area contributed by atoms with Crippen molar-refractivity contribution in [3.63, 3.8) is 0 Å². The number of hydrogen-bond acceptors (Lipinski definition) is 7. The van der Waals surface area contributed by atoms with E-state index in [9.17, 15) is 15.3 Å². The predicted molar refractivity (Wildman–Crippen MR) is 81.2 cm³/mol. The molecule has 1 rings (SSSR count). The lowest BCUT2D eigenvalue weighted by Gasteiger charge is -2.39. The predicted octanol–water partition coefficient (Wildman–Crippen LogP) is 0.116. The average Bonchev–Trinajstić information content (AvgIpc) is 2.49. The molecule has 2 unspecified atom stereocenters. The third kappa shape index (κ3) is 6.40. The summed E-state index contributed by atoms with van der Waals surface area (Å²) in [5.41, 5.74) is 0. The average molecular weight is 324 g/mol. The van der Waals surface area contributed by atoms with Crippen molar-refractivity contribution in [3.8, 4) is 0 Å². The molecule has 126 valence electrons. The zero-order chi connectivity index (χ0) is 15.7. The summed E-state index contributed by atoms with van der Waals surface area (Å²) in [6.45, 7) is 2.16. The molecule has 1 saturated heterocycles. The number of thioether (sulfide) groups is 1. The molecule has 6 nitrogen and oxygen atoms in total. The largest absolute Gasteiger partial charge is 0.394 e. The Bertz CT molecular complexity index is 266. The minimum absolute atomic E-state index is 0.414. The Morgan fingerprint density at radius 2 is 1.71 bits per heavy atom. The van der Waals surface area contributed by atoms with Gasteiger partial charge in [-0.05, 0) is 30.8 Å². The van der Waals surface area contributed by atoms with E-state index in [0.29, 0.717) is 6.61 Å². The molecule has 0 radical (unpaired) electrons. The summed E-state index contributed by atoms with van der Waals surface area (Å²) in [5, 5.41) is 38.1. The third-order valence-corrected chi connectivity index (χ3v) is 4.61. The Morgan fingerprint density at radius 3 is 2.38 bits per heavy atom. The molecule has 1 aliphatic heterocycles. The Morgan fingerprint density at radius 1 is 1.00 bits per heavy atom. The third-order valence-electron chi connectivity index (χ3n) is 3.46. The van der Waals surface area contributed by atoms with E-state index in [-0.39, 0.29) is 0 Å². The molecule has 1 fully saturated rings. The highest BCUT2D eigenvalue weighted by molar-refractivity contribution is 7.99. The zero-order valence-corrected chi connectivity index (χ0v) is 13.4. The van der Waals surface area contributed by atoms with E-state index in [1.807, 2.05) is 11.8 Å². The first-order valence-corrected chi connectivity index (χ1v) is 8.77. The molecule has 1 aliphatic rings. The number of aliphatic hydroxyl groups is 4. The molecule has 0 aromatic heterocycles. The van der Waals surface area contributed by atoms with Gasteiger partial charge in [0.15, 0.2) is 6.29 Å². The quantitative estimate of drug-likeness (QED) is 0.424. The van der Waals surface area contributed by atoms with Gasteiger partial charge in [-0.2, -0.15) is 11.8 Å². The SMILES string of the molecule is CCCCSCCCCO[C@@H]1OC(CO)[C@@H](O)[C@H](O)C1O. The van der Waals surface area contributed by atoms with Gasteiger partial charge >= 0.3 is 0 Å². The molecule has 0 bridgehead atoms. The van der Waals surface area contributed by atoms with E-state index in [1.165, 1.54) is 18.6 Å². The number of aliphatic hydroxyl groups excluding tert-OH is 4. The van der Waals surface area contributed by atoms with Crippen LogP contribution >= 0.6 is 11.8 Å². The number of hydrogen-bond donors (Lipinski definition) is 4. The van der Waals surface area contributed by atoms with Crippen molar-refractivity contribution in [1.29, 1.82) is 0 Å². The summed E-state index contributed by atoms with van der Waals surface area (Å²) in [6, 6.07) is 0. The summed E-state index contributed by atoms with van der Waals surface area (Å²) in [7, 11) is 0. The summed E-state index contributed by atoms with van der Waals surface area (Å²) < 4.78 is 10.7. The smallest absolute Gasteiger partial charge is 0.186 e. The van der Waals surface area contributed by atoms with Crippen LogP contribution in [0.1, 0.15) is 32.6 Å².